The Hall–Kier alpha value is -9.48. The number of nitrogens with one attached hydrogen (secondary N) is 12. The van der Waals surface area contributed by atoms with E-state index in [1.54, 1.807) is 54.6 Å². The van der Waals surface area contributed by atoms with E-state index in [-0.39, 0.29) is 139 Å². The van der Waals surface area contributed by atoms with Gasteiger partial charge in [-0.3, -0.25) is 57.5 Å². The lowest BCUT2D eigenvalue weighted by Crippen LogP contribution is -2.47. The van der Waals surface area contributed by atoms with Crippen LogP contribution < -0.4 is 63.8 Å². The summed E-state index contributed by atoms with van der Waals surface area (Å²) in [5.74, 6) is -3.01. The van der Waals surface area contributed by atoms with Gasteiger partial charge in [-0.25, -0.2) is 0 Å². The van der Waals surface area contributed by atoms with Gasteiger partial charge in [-0.05, 0) is 230 Å². The molecule has 125 heavy (non-hydrogen) atoms. The molecule has 3 fully saturated rings. The molecule has 0 bridgehead atoms. The fraction of sp³-hybridized carbons (Fsp3) is 0.644. The predicted octanol–water partition coefficient (Wildman–Crippen LogP) is 20.2. The summed E-state index contributed by atoms with van der Waals surface area (Å²) in [4.78, 5) is 153. The minimum atomic E-state index is -0.570. The molecule has 24 heteroatoms. The molecule has 0 radical (unpaired) electrons. The third-order valence-electron chi connectivity index (χ3n) is 20.2. The van der Waals surface area contributed by atoms with E-state index in [9.17, 15) is 57.5 Å². The Morgan fingerprint density at radius 3 is 0.592 bits per heavy atom. The fourth-order valence-electron chi connectivity index (χ4n) is 15.6. The first-order valence-corrected chi connectivity index (χ1v) is 45.3. The van der Waals surface area contributed by atoms with E-state index >= 15 is 0 Å². The van der Waals surface area contributed by atoms with E-state index in [0.29, 0.717) is 33.8 Å². The molecule has 3 aliphatic rings. The van der Waals surface area contributed by atoms with Gasteiger partial charge in [0.25, 0.3) is 53.2 Å². The molecular weight excluding hydrogens is 1570 g/mol. The van der Waals surface area contributed by atoms with Crippen LogP contribution in [0.1, 0.15) is 430 Å². The molecule has 0 aliphatic heterocycles. The highest BCUT2D eigenvalue weighted by Gasteiger charge is 2.35. The number of hydrogen-bond donors (Lipinski definition) is 12. The van der Waals surface area contributed by atoms with Crippen molar-refractivity contribution >= 4 is 87.9 Å². The highest BCUT2D eigenvalue weighted by atomic mass is 16.2. The van der Waals surface area contributed by atoms with Crippen LogP contribution in [0.2, 0.25) is 0 Å². The quantitative estimate of drug-likeness (QED) is 0.0370. The average molecular weight is 1740 g/mol. The molecule has 12 amide bonds. The molecule has 0 spiro atoms. The average Bonchev–Trinajstić information content (AvgIpc) is 0.810. The molecule has 12 N–H and O–H groups in total. The summed E-state index contributed by atoms with van der Waals surface area (Å²) in [6, 6.07) is 19.7. The zero-order valence-electron chi connectivity index (χ0n) is 82.8. The van der Waals surface area contributed by atoms with Crippen LogP contribution in [-0.4, -0.2) is 124 Å². The van der Waals surface area contributed by atoms with Gasteiger partial charge < -0.3 is 63.8 Å². The van der Waals surface area contributed by atoms with Crippen molar-refractivity contribution in [3.8, 4) is 0 Å². The van der Waals surface area contributed by atoms with Crippen molar-refractivity contribution in [3.63, 3.8) is 0 Å². The van der Waals surface area contributed by atoms with Crippen molar-refractivity contribution in [2.75, 3.05) is 23.0 Å². The van der Waals surface area contributed by atoms with E-state index in [1.165, 1.54) is 44.5 Å². The van der Waals surface area contributed by atoms with Crippen LogP contribution in [0.3, 0.4) is 0 Å². The van der Waals surface area contributed by atoms with E-state index in [0.717, 1.165) is 96.3 Å². The highest BCUT2D eigenvalue weighted by molar-refractivity contribution is 6.08. The maximum atomic E-state index is 13.5. The minimum absolute atomic E-state index is 0.0147. The molecular formula is C101H162N12O12. The molecule has 0 unspecified atom stereocenters. The van der Waals surface area contributed by atoms with Gasteiger partial charge in [-0.1, -0.05) is 196 Å². The SMILES string of the molecule is CC.CC(C)(C)C(=O)Nc1cc(NC(=O)C(C)(C)C)cc(NC(=O)C(C)(C)C)c1.CC(C)(C)CC(C)(C)NC(=O)c1cc(C(=O)NC(C)(C)CC(C)(C)C)cc(C(=O)NC(C)(C)CC(C)(C)C)c1.CNC(=O)c1cc(C(=O)NC(C)(C)C)cc(C(=O)NC(C)(C)C)c1.O=C(NC1CCCCC1)c1cc(C(=O)NC2CCCCC2)cc(C(=O)NC2CCCCC2)c1. The second-order valence-corrected chi connectivity index (χ2v) is 44.9. The number of anilines is 3. The topological polar surface area (TPSA) is 349 Å². The summed E-state index contributed by atoms with van der Waals surface area (Å²) < 4.78 is 0. The van der Waals surface area contributed by atoms with Crippen LogP contribution in [0, 0.1) is 32.5 Å². The van der Waals surface area contributed by atoms with Crippen LogP contribution in [0.4, 0.5) is 17.1 Å². The summed E-state index contributed by atoms with van der Waals surface area (Å²) in [5, 5.41) is 35.4. The molecule has 7 rings (SSSR count). The van der Waals surface area contributed by atoms with Crippen molar-refractivity contribution < 1.29 is 57.5 Å². The van der Waals surface area contributed by atoms with E-state index in [2.05, 4.69) is 126 Å². The Morgan fingerprint density at radius 1 is 0.248 bits per heavy atom. The number of hydrogen-bond acceptors (Lipinski definition) is 12. The minimum Gasteiger partial charge on any atom is -0.355 e. The first kappa shape index (κ1) is 110. The standard InChI is InChI=1S/C33H57N3O3.C27H39N3O3.C21H33N3O3.C18H27N3O3.C2H6/c1-28(2,3)19-31(10,11)34-25(37)22-16-23(26(38)35-32(12,13)20-29(4,5)6)18-24(17-22)27(39)36-33(14,15)21-30(7,8)9;31-25(28-22-10-4-1-5-11-22)19-16-20(26(32)29-23-12-6-2-7-13-23)18-21(17-19)27(33)30-24-14-8-3-9-15-24;1-19(2,3)16(25)22-13-10-14(23-17(26)20(4,5)6)12-15(11-13)24-18(27)21(7,8)9;1-17(2,3)20-15(23)12-8-11(14(22)19-7)9-13(10-12)16(24)21-18(4,5)6;1-2/h16-18H,19-21H2,1-15H3,(H,34,37)(H,35,38)(H,36,39);16-18,22-24H,1-15H2,(H,28,31)(H,29,32)(H,30,33);10-12H,1-9H3,(H,22,25)(H,23,26)(H,24,27);8-10H,1-7H3,(H,19,22)(H,20,23)(H,21,24);1-2H3. The molecule has 3 aliphatic carbocycles. The Morgan fingerprint density at radius 2 is 0.424 bits per heavy atom. The smallest absolute Gasteiger partial charge is 0.251 e. The van der Waals surface area contributed by atoms with Gasteiger partial charge in [0.2, 0.25) is 17.7 Å². The zero-order valence-corrected chi connectivity index (χ0v) is 82.8. The summed E-state index contributed by atoms with van der Waals surface area (Å²) in [5.41, 5.74) is 0.435. The summed E-state index contributed by atoms with van der Waals surface area (Å²) in [6.45, 7) is 62.6. The summed E-state index contributed by atoms with van der Waals surface area (Å²) >= 11 is 0. The van der Waals surface area contributed by atoms with Gasteiger partial charge in [0.15, 0.2) is 0 Å². The number of carbonyl (C=O) groups is 12. The Bertz CT molecular complexity index is 3940. The second kappa shape index (κ2) is 45.8. The zero-order chi connectivity index (χ0) is 95.8. The van der Waals surface area contributed by atoms with Gasteiger partial charge in [0.05, 0.1) is 0 Å². The Kier molecular flexibility index (Phi) is 40.2. The molecule has 4 aromatic rings. The lowest BCUT2D eigenvalue weighted by Gasteiger charge is -2.34. The van der Waals surface area contributed by atoms with E-state index in [1.807, 2.05) is 159 Å². The predicted molar refractivity (Wildman–Crippen MR) is 509 cm³/mol. The first-order valence-electron chi connectivity index (χ1n) is 45.3. The van der Waals surface area contributed by atoms with Crippen LogP contribution >= 0.6 is 0 Å². The normalized spacial score (nSPS) is 14.7. The van der Waals surface area contributed by atoms with Crippen molar-refractivity contribution in [2.45, 2.75) is 383 Å². The lowest BCUT2D eigenvalue weighted by atomic mass is 9.81. The lowest BCUT2D eigenvalue weighted by molar-refractivity contribution is -0.123. The van der Waals surface area contributed by atoms with E-state index in [4.69, 9.17) is 0 Å². The maximum absolute atomic E-state index is 13.5. The summed E-state index contributed by atoms with van der Waals surface area (Å²) in [6.07, 6.45) is 18.7. The monoisotopic (exact) mass is 1740 g/mol. The highest BCUT2D eigenvalue weighted by Crippen LogP contribution is 2.34. The number of amides is 12. The molecule has 4 aromatic carbocycles. The molecule has 0 saturated heterocycles. The second-order valence-electron chi connectivity index (χ2n) is 44.9. The molecule has 24 nitrogen and oxygen atoms in total. The largest absolute Gasteiger partial charge is 0.355 e. The Balaban J connectivity index is 0.000000434. The summed E-state index contributed by atoms with van der Waals surface area (Å²) in [7, 11) is 1.50. The number of carbonyl (C=O) groups excluding carboxylic acids is 12. The van der Waals surface area contributed by atoms with Gasteiger partial charge in [0, 0.05) is 136 Å². The van der Waals surface area contributed by atoms with Crippen LogP contribution in [0.25, 0.3) is 0 Å². The molecule has 3 saturated carbocycles. The molecule has 698 valence electrons. The van der Waals surface area contributed by atoms with Crippen molar-refractivity contribution in [3.05, 3.63) is 123 Å². The number of benzene rings is 4. The Labute approximate surface area is 750 Å². The van der Waals surface area contributed by atoms with Crippen LogP contribution in [0.5, 0.6) is 0 Å². The van der Waals surface area contributed by atoms with Gasteiger partial charge in [0.1, 0.15) is 0 Å². The van der Waals surface area contributed by atoms with Crippen LogP contribution in [-0.2, 0) is 14.4 Å². The first-order chi connectivity index (χ1) is 57.0. The third kappa shape index (κ3) is 42.1. The van der Waals surface area contributed by atoms with Crippen molar-refractivity contribution in [1.29, 1.82) is 0 Å². The molecule has 0 atom stereocenters. The number of rotatable bonds is 21. The van der Waals surface area contributed by atoms with E-state index < -0.39 is 43.9 Å². The fourth-order valence-corrected chi connectivity index (χ4v) is 15.6. The van der Waals surface area contributed by atoms with Gasteiger partial charge >= 0.3 is 0 Å². The van der Waals surface area contributed by atoms with Gasteiger partial charge in [-0.2, -0.15) is 0 Å². The molecule has 0 aromatic heterocycles. The maximum Gasteiger partial charge on any atom is 0.251 e. The van der Waals surface area contributed by atoms with Gasteiger partial charge in [-0.15, -0.1) is 0 Å². The van der Waals surface area contributed by atoms with Crippen molar-refractivity contribution in [1.82, 2.24) is 47.9 Å². The van der Waals surface area contributed by atoms with Crippen LogP contribution in [0.15, 0.2) is 72.8 Å². The van der Waals surface area contributed by atoms with Crippen molar-refractivity contribution in [2.24, 2.45) is 32.5 Å². The third-order valence-corrected chi connectivity index (χ3v) is 20.2. The molecule has 0 heterocycles.